The minimum atomic E-state index is -0.956. The Bertz CT molecular complexity index is 1360. The minimum Gasteiger partial charge on any atom is -0.507 e. The van der Waals surface area contributed by atoms with Crippen LogP contribution in [0.1, 0.15) is 58.4 Å². The predicted molar refractivity (Wildman–Crippen MR) is 141 cm³/mol. The van der Waals surface area contributed by atoms with Gasteiger partial charge in [-0.3, -0.25) is 14.5 Å². The summed E-state index contributed by atoms with van der Waals surface area (Å²) in [7, 11) is 0. The first-order valence-electron chi connectivity index (χ1n) is 12.0. The highest BCUT2D eigenvalue weighted by Gasteiger charge is 2.48. The van der Waals surface area contributed by atoms with Crippen LogP contribution in [0.5, 0.6) is 5.75 Å². The summed E-state index contributed by atoms with van der Waals surface area (Å²) in [5.41, 5.74) is 2.32. The zero-order valence-electron chi connectivity index (χ0n) is 21.1. The van der Waals surface area contributed by atoms with Crippen LogP contribution in [0, 0.1) is 13.8 Å². The van der Waals surface area contributed by atoms with Gasteiger partial charge in [-0.25, -0.2) is 9.78 Å². The van der Waals surface area contributed by atoms with Crippen LogP contribution in [0.25, 0.3) is 5.76 Å². The van der Waals surface area contributed by atoms with Crippen LogP contribution >= 0.6 is 11.3 Å². The third kappa shape index (κ3) is 5.13. The molecular weight excluding hydrogens is 492 g/mol. The number of carbonyl (C=O) groups excluding carboxylic acids is 3. The van der Waals surface area contributed by atoms with E-state index in [1.54, 1.807) is 50.2 Å². The van der Waals surface area contributed by atoms with Gasteiger partial charge in [-0.15, -0.1) is 0 Å². The van der Waals surface area contributed by atoms with E-state index in [4.69, 9.17) is 9.47 Å². The summed E-state index contributed by atoms with van der Waals surface area (Å²) in [4.78, 5) is 45.1. The number of aliphatic hydroxyl groups is 1. The molecule has 1 N–H and O–H groups in total. The number of amides is 1. The Morgan fingerprint density at radius 3 is 2.35 bits per heavy atom. The number of ketones is 1. The molecule has 1 aliphatic rings. The summed E-state index contributed by atoms with van der Waals surface area (Å²) < 4.78 is 10.8. The van der Waals surface area contributed by atoms with E-state index >= 15 is 0 Å². The Morgan fingerprint density at radius 1 is 1.05 bits per heavy atom. The summed E-state index contributed by atoms with van der Waals surface area (Å²) in [6.45, 7) is 8.01. The highest BCUT2D eigenvalue weighted by molar-refractivity contribution is 7.17. The molecule has 3 aromatic rings. The molecule has 1 aliphatic heterocycles. The number of aliphatic hydroxyl groups excluding tert-OH is 1. The molecule has 1 amide bonds. The second kappa shape index (κ2) is 11.0. The molecule has 37 heavy (non-hydrogen) atoms. The zero-order valence-corrected chi connectivity index (χ0v) is 21.9. The van der Waals surface area contributed by atoms with Crippen molar-refractivity contribution in [1.82, 2.24) is 4.98 Å². The maximum atomic E-state index is 13.4. The number of carbonyl (C=O) groups is 3. The molecule has 1 fully saturated rings. The lowest BCUT2D eigenvalue weighted by Gasteiger charge is -2.23. The van der Waals surface area contributed by atoms with E-state index < -0.39 is 23.7 Å². The van der Waals surface area contributed by atoms with E-state index in [0.717, 1.165) is 23.3 Å². The number of esters is 1. The fourth-order valence-corrected chi connectivity index (χ4v) is 5.04. The first-order valence-corrected chi connectivity index (χ1v) is 12.8. The fraction of sp³-hybridized carbons (Fsp3) is 0.286. The highest BCUT2D eigenvalue weighted by Crippen LogP contribution is 2.44. The zero-order chi connectivity index (χ0) is 26.7. The summed E-state index contributed by atoms with van der Waals surface area (Å²) in [5.74, 6) is -1.85. The first kappa shape index (κ1) is 26.1. The standard InChI is InChI=1S/C28H28N2O6S/c1-5-15-36-20-13-11-18(12-14-20)22-21(23(31)19-9-7-16(3)8-10-19)24(32)26(33)30(22)28-29-17(4)25(37-28)27(34)35-6-2/h7-14,22,31H,5-6,15H2,1-4H3/b23-21-. The van der Waals surface area contributed by atoms with Crippen molar-refractivity contribution in [2.75, 3.05) is 18.1 Å². The van der Waals surface area contributed by atoms with Gasteiger partial charge in [0.2, 0.25) is 0 Å². The monoisotopic (exact) mass is 520 g/mol. The number of anilines is 1. The van der Waals surface area contributed by atoms with Crippen LogP contribution in [0.2, 0.25) is 0 Å². The van der Waals surface area contributed by atoms with Gasteiger partial charge in [0.25, 0.3) is 5.78 Å². The molecule has 192 valence electrons. The van der Waals surface area contributed by atoms with E-state index in [0.29, 0.717) is 29.2 Å². The van der Waals surface area contributed by atoms with Gasteiger partial charge in [-0.1, -0.05) is 60.2 Å². The van der Waals surface area contributed by atoms with Crippen molar-refractivity contribution in [3.05, 3.63) is 81.4 Å². The normalized spacial score (nSPS) is 16.8. The Kier molecular flexibility index (Phi) is 7.73. The first-order chi connectivity index (χ1) is 17.8. The van der Waals surface area contributed by atoms with Crippen molar-refractivity contribution in [1.29, 1.82) is 0 Å². The number of nitrogens with zero attached hydrogens (tertiary/aromatic N) is 2. The Labute approximate surface area is 219 Å². The van der Waals surface area contributed by atoms with E-state index in [1.807, 2.05) is 26.0 Å². The van der Waals surface area contributed by atoms with Crippen molar-refractivity contribution in [3.63, 3.8) is 0 Å². The average Bonchev–Trinajstić information content (AvgIpc) is 3.40. The molecule has 1 saturated heterocycles. The van der Waals surface area contributed by atoms with Crippen molar-refractivity contribution in [3.8, 4) is 5.75 Å². The third-order valence-corrected chi connectivity index (χ3v) is 7.03. The number of thiazole rings is 1. The average molecular weight is 521 g/mol. The largest absolute Gasteiger partial charge is 0.507 e. The maximum Gasteiger partial charge on any atom is 0.350 e. The molecular formula is C28H28N2O6S. The van der Waals surface area contributed by atoms with Gasteiger partial charge in [0.1, 0.15) is 16.4 Å². The lowest BCUT2D eigenvalue weighted by molar-refractivity contribution is -0.132. The van der Waals surface area contributed by atoms with Gasteiger partial charge in [0, 0.05) is 5.56 Å². The van der Waals surface area contributed by atoms with Crippen LogP contribution in [0.4, 0.5) is 5.13 Å². The predicted octanol–water partition coefficient (Wildman–Crippen LogP) is 5.35. The van der Waals surface area contributed by atoms with Crippen molar-refractivity contribution in [2.24, 2.45) is 0 Å². The quantitative estimate of drug-likeness (QED) is 0.185. The molecule has 0 bridgehead atoms. The number of aromatic nitrogens is 1. The van der Waals surface area contributed by atoms with Crippen LogP contribution in [0.3, 0.4) is 0 Å². The van der Waals surface area contributed by atoms with Gasteiger partial charge < -0.3 is 14.6 Å². The molecule has 1 aromatic heterocycles. The lowest BCUT2D eigenvalue weighted by atomic mass is 9.95. The van der Waals surface area contributed by atoms with Gasteiger partial charge in [-0.2, -0.15) is 0 Å². The highest BCUT2D eigenvalue weighted by atomic mass is 32.1. The maximum absolute atomic E-state index is 13.4. The number of aryl methyl sites for hydroxylation is 2. The molecule has 0 spiro atoms. The molecule has 9 heteroatoms. The SMILES string of the molecule is CCCOc1ccc(C2/C(=C(/O)c3ccc(C)cc3)C(=O)C(=O)N2c2nc(C)c(C(=O)OCC)s2)cc1. The third-order valence-electron chi connectivity index (χ3n) is 5.89. The van der Waals surface area contributed by atoms with Gasteiger partial charge in [0.05, 0.1) is 30.5 Å². The fourth-order valence-electron chi connectivity index (χ4n) is 4.05. The number of Topliss-reactive ketones (excluding diaryl/α,β-unsaturated/α-hetero) is 1. The van der Waals surface area contributed by atoms with E-state index in [2.05, 4.69) is 4.98 Å². The summed E-state index contributed by atoms with van der Waals surface area (Å²) in [6, 6.07) is 13.1. The Hall–Kier alpha value is -3.98. The molecule has 1 unspecified atom stereocenters. The van der Waals surface area contributed by atoms with Gasteiger partial charge >= 0.3 is 11.9 Å². The molecule has 0 saturated carbocycles. The van der Waals surface area contributed by atoms with Gasteiger partial charge in [0.15, 0.2) is 5.13 Å². The van der Waals surface area contributed by atoms with Gasteiger partial charge in [-0.05, 0) is 44.9 Å². The summed E-state index contributed by atoms with van der Waals surface area (Å²) in [5, 5.41) is 11.4. The molecule has 0 aliphatic carbocycles. The Balaban J connectivity index is 1.86. The summed E-state index contributed by atoms with van der Waals surface area (Å²) in [6.07, 6.45) is 0.852. The van der Waals surface area contributed by atoms with E-state index in [-0.39, 0.29) is 27.9 Å². The van der Waals surface area contributed by atoms with E-state index in [1.165, 1.54) is 4.90 Å². The van der Waals surface area contributed by atoms with Crippen molar-refractivity contribution >= 4 is 39.9 Å². The van der Waals surface area contributed by atoms with Crippen LogP contribution in [-0.4, -0.2) is 41.0 Å². The molecule has 2 aromatic carbocycles. The van der Waals surface area contributed by atoms with Crippen molar-refractivity contribution < 1.29 is 29.0 Å². The number of hydrogen-bond acceptors (Lipinski definition) is 8. The summed E-state index contributed by atoms with van der Waals surface area (Å²) >= 11 is 0.973. The molecule has 4 rings (SSSR count). The molecule has 2 heterocycles. The van der Waals surface area contributed by atoms with E-state index in [9.17, 15) is 19.5 Å². The molecule has 1 atom stereocenters. The minimum absolute atomic E-state index is 0.0541. The second-order valence-electron chi connectivity index (χ2n) is 8.58. The van der Waals surface area contributed by atoms with Crippen LogP contribution in [0.15, 0.2) is 54.1 Å². The second-order valence-corrected chi connectivity index (χ2v) is 9.56. The number of ether oxygens (including phenoxy) is 2. The lowest BCUT2D eigenvalue weighted by Crippen LogP contribution is -2.29. The number of hydrogen-bond donors (Lipinski definition) is 1. The topological polar surface area (TPSA) is 106 Å². The number of benzene rings is 2. The molecule has 0 radical (unpaired) electrons. The number of rotatable bonds is 8. The van der Waals surface area contributed by atoms with Crippen molar-refractivity contribution in [2.45, 2.75) is 40.2 Å². The van der Waals surface area contributed by atoms with Crippen LogP contribution in [-0.2, 0) is 14.3 Å². The molecule has 8 nitrogen and oxygen atoms in total. The smallest absolute Gasteiger partial charge is 0.350 e. The van der Waals surface area contributed by atoms with Crippen LogP contribution < -0.4 is 9.64 Å². The Morgan fingerprint density at radius 2 is 1.73 bits per heavy atom.